The molecule has 4 aliphatic rings. The molecule has 3 unspecified atom stereocenters. The average Bonchev–Trinajstić information content (AvgIpc) is 2.82. The Kier molecular flexibility index (Phi) is 6.48. The molecule has 1 aromatic heterocycles. The van der Waals surface area contributed by atoms with Gasteiger partial charge in [-0.2, -0.15) is 0 Å². The zero-order chi connectivity index (χ0) is 25.7. The summed E-state index contributed by atoms with van der Waals surface area (Å²) >= 11 is 0. The van der Waals surface area contributed by atoms with E-state index in [-0.39, 0.29) is 35.6 Å². The quantitative estimate of drug-likeness (QED) is 0.571. The van der Waals surface area contributed by atoms with Crippen LogP contribution in [-0.4, -0.2) is 29.3 Å². The first-order chi connectivity index (χ1) is 17.1. The van der Waals surface area contributed by atoms with Gasteiger partial charge in [-0.15, -0.1) is 0 Å². The van der Waals surface area contributed by atoms with Crippen molar-refractivity contribution in [1.82, 2.24) is 10.3 Å². The predicted molar refractivity (Wildman–Crippen MR) is 133 cm³/mol. The van der Waals surface area contributed by atoms with Crippen molar-refractivity contribution in [3.05, 3.63) is 65.5 Å². The Morgan fingerprint density at radius 2 is 1.78 bits per heavy atom. The lowest BCUT2D eigenvalue weighted by molar-refractivity contribution is -0.153. The number of benzene rings is 1. The molecule has 4 fully saturated rings. The summed E-state index contributed by atoms with van der Waals surface area (Å²) in [5.41, 5.74) is 6.90. The molecule has 36 heavy (non-hydrogen) atoms. The van der Waals surface area contributed by atoms with Crippen LogP contribution in [0.25, 0.3) is 0 Å². The van der Waals surface area contributed by atoms with E-state index in [9.17, 15) is 18.4 Å². The molecule has 3 atom stereocenters. The van der Waals surface area contributed by atoms with E-state index in [1.807, 2.05) is 26.0 Å². The monoisotopic (exact) mass is 495 g/mol. The van der Waals surface area contributed by atoms with Crippen LogP contribution in [0, 0.1) is 40.7 Å². The second-order valence-electron chi connectivity index (χ2n) is 12.0. The van der Waals surface area contributed by atoms with Gasteiger partial charge in [0.25, 0.3) is 0 Å². The van der Waals surface area contributed by atoms with Crippen LogP contribution in [0.15, 0.2) is 42.7 Å². The molecule has 6 rings (SSSR count). The molecule has 0 spiro atoms. The van der Waals surface area contributed by atoms with E-state index >= 15 is 0 Å². The molecule has 5 nitrogen and oxygen atoms in total. The van der Waals surface area contributed by atoms with Crippen molar-refractivity contribution >= 4 is 11.7 Å². The lowest BCUT2D eigenvalue weighted by Gasteiger charge is -2.60. The molecule has 1 heterocycles. The van der Waals surface area contributed by atoms with Gasteiger partial charge in [0.05, 0.1) is 6.04 Å². The van der Waals surface area contributed by atoms with Gasteiger partial charge in [-0.3, -0.25) is 14.6 Å². The van der Waals surface area contributed by atoms with Crippen molar-refractivity contribution in [2.24, 2.45) is 34.8 Å². The Hall–Kier alpha value is -2.67. The number of rotatable bonds is 8. The molecular formula is C29H35F2N3O2. The Morgan fingerprint density at radius 3 is 2.42 bits per heavy atom. The average molecular weight is 496 g/mol. The SMILES string of the molecule is CC(C)(CNC(=O)C(N)C1C2CC3CC1CC(C(=O)Cc1ccncc1)(C3)C2)c1ccc(F)cc1F. The van der Waals surface area contributed by atoms with Crippen molar-refractivity contribution in [2.75, 3.05) is 6.54 Å². The number of nitrogens with one attached hydrogen (secondary N) is 1. The van der Waals surface area contributed by atoms with Gasteiger partial charge in [-0.25, -0.2) is 8.78 Å². The first-order valence-corrected chi connectivity index (χ1v) is 13.0. The number of hydrogen-bond acceptors (Lipinski definition) is 4. The predicted octanol–water partition coefficient (Wildman–Crippen LogP) is 4.34. The normalized spacial score (nSPS) is 29.7. The number of Topliss-reactive ketones (excluding diaryl/α,β-unsaturated/α-hetero) is 1. The molecule has 0 saturated heterocycles. The van der Waals surface area contributed by atoms with Crippen LogP contribution in [-0.2, 0) is 21.4 Å². The van der Waals surface area contributed by atoms with E-state index in [2.05, 4.69) is 10.3 Å². The second-order valence-corrected chi connectivity index (χ2v) is 12.0. The van der Waals surface area contributed by atoms with Gasteiger partial charge in [0, 0.05) is 42.3 Å². The number of nitrogens with zero attached hydrogens (tertiary/aromatic N) is 1. The van der Waals surface area contributed by atoms with E-state index in [0.717, 1.165) is 43.7 Å². The molecule has 1 aromatic carbocycles. The van der Waals surface area contributed by atoms with Gasteiger partial charge in [0.15, 0.2) is 0 Å². The van der Waals surface area contributed by atoms with E-state index < -0.39 is 23.1 Å². The van der Waals surface area contributed by atoms with Gasteiger partial charge < -0.3 is 11.1 Å². The van der Waals surface area contributed by atoms with Gasteiger partial charge in [0.2, 0.25) is 5.91 Å². The molecule has 4 saturated carbocycles. The molecule has 4 aliphatic carbocycles. The van der Waals surface area contributed by atoms with E-state index in [1.54, 1.807) is 12.4 Å². The number of ketones is 1. The minimum Gasteiger partial charge on any atom is -0.354 e. The van der Waals surface area contributed by atoms with E-state index in [0.29, 0.717) is 23.7 Å². The fraction of sp³-hybridized carbons (Fsp3) is 0.552. The number of hydrogen-bond donors (Lipinski definition) is 2. The molecule has 2 aromatic rings. The standard InChI is InChI=1S/C29H35F2N3O2/c1-28(2,22-4-3-21(30)12-23(22)31)16-34-27(36)26(32)25-19-9-18-10-20(25)15-29(13-18,14-19)24(35)11-17-5-7-33-8-6-17/h3-8,12,18-20,25-26H,9-11,13-16,32H2,1-2H3,(H,34,36). The minimum absolute atomic E-state index is 0.0501. The van der Waals surface area contributed by atoms with Crippen molar-refractivity contribution in [3.8, 4) is 0 Å². The molecule has 1 amide bonds. The maximum absolute atomic E-state index is 14.3. The third-order valence-corrected chi connectivity index (χ3v) is 9.13. The van der Waals surface area contributed by atoms with Crippen molar-refractivity contribution in [1.29, 1.82) is 0 Å². The van der Waals surface area contributed by atoms with Crippen LogP contribution >= 0.6 is 0 Å². The summed E-state index contributed by atoms with van der Waals surface area (Å²) < 4.78 is 27.7. The maximum atomic E-state index is 14.3. The lowest BCUT2D eigenvalue weighted by atomic mass is 9.44. The maximum Gasteiger partial charge on any atom is 0.237 e. The van der Waals surface area contributed by atoms with Gasteiger partial charge in [0.1, 0.15) is 17.4 Å². The third-order valence-electron chi connectivity index (χ3n) is 9.13. The summed E-state index contributed by atoms with van der Waals surface area (Å²) in [4.78, 5) is 30.7. The molecule has 0 aliphatic heterocycles. The zero-order valence-corrected chi connectivity index (χ0v) is 21.0. The third kappa shape index (κ3) is 4.58. The van der Waals surface area contributed by atoms with Crippen LogP contribution in [0.5, 0.6) is 0 Å². The summed E-state index contributed by atoms with van der Waals surface area (Å²) in [7, 11) is 0. The highest BCUT2D eigenvalue weighted by Gasteiger charge is 2.59. The molecular weight excluding hydrogens is 460 g/mol. The highest BCUT2D eigenvalue weighted by atomic mass is 19.1. The number of carbonyl (C=O) groups excluding carboxylic acids is 2. The van der Waals surface area contributed by atoms with Crippen molar-refractivity contribution in [2.45, 2.75) is 63.8 Å². The first-order valence-electron chi connectivity index (χ1n) is 13.0. The zero-order valence-electron chi connectivity index (χ0n) is 21.0. The summed E-state index contributed by atoms with van der Waals surface area (Å²) in [6.45, 7) is 3.83. The topological polar surface area (TPSA) is 85.1 Å². The number of amides is 1. The van der Waals surface area contributed by atoms with E-state index in [4.69, 9.17) is 5.73 Å². The number of pyridine rings is 1. The van der Waals surface area contributed by atoms with Crippen LogP contribution in [0.3, 0.4) is 0 Å². The largest absolute Gasteiger partial charge is 0.354 e. The highest BCUT2D eigenvalue weighted by molar-refractivity contribution is 5.87. The number of halogens is 2. The van der Waals surface area contributed by atoms with Gasteiger partial charge in [-0.05, 0) is 85.1 Å². The molecule has 192 valence electrons. The molecule has 4 bridgehead atoms. The summed E-state index contributed by atoms with van der Waals surface area (Å²) in [6.07, 6.45) is 8.50. The summed E-state index contributed by atoms with van der Waals surface area (Å²) in [6, 6.07) is 6.67. The van der Waals surface area contributed by atoms with Crippen LogP contribution in [0.4, 0.5) is 8.78 Å². The van der Waals surface area contributed by atoms with Crippen LogP contribution in [0.2, 0.25) is 0 Å². The van der Waals surface area contributed by atoms with Crippen LogP contribution in [0.1, 0.15) is 57.1 Å². The van der Waals surface area contributed by atoms with Gasteiger partial charge in [-0.1, -0.05) is 19.9 Å². The van der Waals surface area contributed by atoms with Crippen molar-refractivity contribution in [3.63, 3.8) is 0 Å². The number of nitrogens with two attached hydrogens (primary N) is 1. The highest BCUT2D eigenvalue weighted by Crippen LogP contribution is 2.63. The number of aromatic nitrogens is 1. The Morgan fingerprint density at radius 1 is 1.11 bits per heavy atom. The second kappa shape index (κ2) is 9.33. The molecule has 3 N–H and O–H groups in total. The fourth-order valence-electron chi connectivity index (χ4n) is 7.60. The lowest BCUT2D eigenvalue weighted by Crippen LogP contribution is -2.61. The fourth-order valence-corrected chi connectivity index (χ4v) is 7.60. The van der Waals surface area contributed by atoms with Crippen molar-refractivity contribution < 1.29 is 18.4 Å². The first kappa shape index (κ1) is 25.0. The Balaban J connectivity index is 1.25. The minimum atomic E-state index is -0.722. The summed E-state index contributed by atoms with van der Waals surface area (Å²) in [5.74, 6) is -0.0713. The number of carbonyl (C=O) groups is 2. The van der Waals surface area contributed by atoms with E-state index in [1.165, 1.54) is 12.1 Å². The molecule has 7 heteroatoms. The Labute approximate surface area is 211 Å². The van der Waals surface area contributed by atoms with Gasteiger partial charge >= 0.3 is 0 Å². The summed E-state index contributed by atoms with van der Waals surface area (Å²) in [5, 5.41) is 2.94. The van der Waals surface area contributed by atoms with Crippen LogP contribution < -0.4 is 11.1 Å². The Bertz CT molecular complexity index is 1140. The molecule has 0 radical (unpaired) electrons. The smallest absolute Gasteiger partial charge is 0.237 e.